The Bertz CT molecular complexity index is 1180. The Labute approximate surface area is 220 Å². The fourth-order valence-electron chi connectivity index (χ4n) is 5.33. The third kappa shape index (κ3) is 7.06. The van der Waals surface area contributed by atoms with Crippen LogP contribution in [-0.2, 0) is 6.61 Å². The van der Waals surface area contributed by atoms with Gasteiger partial charge >= 0.3 is 0 Å². The van der Waals surface area contributed by atoms with Gasteiger partial charge in [0.05, 0.1) is 12.2 Å². The van der Waals surface area contributed by atoms with Crippen molar-refractivity contribution < 1.29 is 14.3 Å². The summed E-state index contributed by atoms with van der Waals surface area (Å²) in [5.74, 6) is 2.33. The van der Waals surface area contributed by atoms with Crippen molar-refractivity contribution in [1.29, 1.82) is 0 Å². The molecule has 0 unspecified atom stereocenters. The Hall–Kier alpha value is -3.47. The van der Waals surface area contributed by atoms with E-state index in [-0.39, 0.29) is 0 Å². The van der Waals surface area contributed by atoms with Crippen LogP contribution in [0.2, 0.25) is 0 Å². The van der Waals surface area contributed by atoms with Crippen LogP contribution in [0, 0.1) is 5.92 Å². The fourth-order valence-corrected chi connectivity index (χ4v) is 5.33. The predicted octanol–water partition coefficient (Wildman–Crippen LogP) is 7.72. The van der Waals surface area contributed by atoms with Crippen LogP contribution in [0.25, 0.3) is 0 Å². The van der Waals surface area contributed by atoms with Gasteiger partial charge in [0.15, 0.2) is 0 Å². The van der Waals surface area contributed by atoms with Crippen LogP contribution in [0.1, 0.15) is 85.2 Å². The molecule has 0 atom stereocenters. The SMILES string of the molecule is NC(=O)c1ccc(Nc2ccc(OCc3ccccc3)cc2C2CC2)cc1OCCCC1CCCCC1. The molecule has 0 saturated heterocycles. The molecule has 5 rings (SSSR count). The second-order valence-corrected chi connectivity index (χ2v) is 10.5. The van der Waals surface area contributed by atoms with E-state index in [2.05, 4.69) is 29.6 Å². The highest BCUT2D eigenvalue weighted by Gasteiger charge is 2.27. The highest BCUT2D eigenvalue weighted by Crippen LogP contribution is 2.45. The molecule has 0 aromatic heterocycles. The van der Waals surface area contributed by atoms with E-state index in [1.165, 1.54) is 56.9 Å². The van der Waals surface area contributed by atoms with Crippen LogP contribution in [0.5, 0.6) is 11.5 Å². The number of carbonyl (C=O) groups excluding carboxylic acids is 1. The highest BCUT2D eigenvalue weighted by molar-refractivity contribution is 5.96. The van der Waals surface area contributed by atoms with Crippen molar-refractivity contribution in [2.24, 2.45) is 11.7 Å². The molecule has 0 radical (unpaired) electrons. The van der Waals surface area contributed by atoms with Gasteiger partial charge in [0.1, 0.15) is 18.1 Å². The molecule has 5 heteroatoms. The summed E-state index contributed by atoms with van der Waals surface area (Å²) < 4.78 is 12.2. The standard InChI is InChI=1S/C32H38N2O3/c33-32(35)28-17-15-26(20-31(28)36-19-7-12-23-8-3-1-4-9-23)34-30-18-16-27(21-29(30)25-13-14-25)37-22-24-10-5-2-6-11-24/h2,5-6,10-11,15-18,20-21,23,25,34H,1,3-4,7-9,12-14,19,22H2,(H2,33,35). The van der Waals surface area contributed by atoms with Gasteiger partial charge in [-0.2, -0.15) is 0 Å². The zero-order chi connectivity index (χ0) is 25.5. The van der Waals surface area contributed by atoms with E-state index in [0.29, 0.717) is 30.4 Å². The average Bonchev–Trinajstić information content (AvgIpc) is 3.77. The Morgan fingerprint density at radius 3 is 2.46 bits per heavy atom. The number of hydrogen-bond acceptors (Lipinski definition) is 4. The quantitative estimate of drug-likeness (QED) is 0.251. The van der Waals surface area contributed by atoms with Gasteiger partial charge < -0.3 is 20.5 Å². The fraction of sp³-hybridized carbons (Fsp3) is 0.406. The summed E-state index contributed by atoms with van der Waals surface area (Å²) >= 11 is 0. The minimum Gasteiger partial charge on any atom is -0.493 e. The van der Waals surface area contributed by atoms with Crippen molar-refractivity contribution in [3.63, 3.8) is 0 Å². The van der Waals surface area contributed by atoms with Crippen molar-refractivity contribution in [3.05, 3.63) is 83.4 Å². The molecule has 1 amide bonds. The van der Waals surface area contributed by atoms with Gasteiger partial charge in [-0.05, 0) is 79.0 Å². The maximum absolute atomic E-state index is 12.0. The van der Waals surface area contributed by atoms with Crippen LogP contribution >= 0.6 is 0 Å². The van der Waals surface area contributed by atoms with Crippen LogP contribution < -0.4 is 20.5 Å². The van der Waals surface area contributed by atoms with Gasteiger partial charge in [0.25, 0.3) is 5.91 Å². The number of ether oxygens (including phenoxy) is 2. The van der Waals surface area contributed by atoms with Gasteiger partial charge in [0.2, 0.25) is 0 Å². The van der Waals surface area contributed by atoms with Crippen LogP contribution in [0.3, 0.4) is 0 Å². The van der Waals surface area contributed by atoms with Crippen LogP contribution in [0.4, 0.5) is 11.4 Å². The molecule has 2 saturated carbocycles. The Balaban J connectivity index is 1.25. The predicted molar refractivity (Wildman–Crippen MR) is 149 cm³/mol. The molecule has 0 bridgehead atoms. The molecular weight excluding hydrogens is 460 g/mol. The maximum atomic E-state index is 12.0. The maximum Gasteiger partial charge on any atom is 0.252 e. The summed E-state index contributed by atoms with van der Waals surface area (Å²) in [5, 5.41) is 3.56. The average molecular weight is 499 g/mol. The van der Waals surface area contributed by atoms with Gasteiger partial charge in [-0.1, -0.05) is 62.4 Å². The third-order valence-electron chi connectivity index (χ3n) is 7.55. The van der Waals surface area contributed by atoms with Crippen molar-refractivity contribution >= 4 is 17.3 Å². The zero-order valence-electron chi connectivity index (χ0n) is 21.6. The number of anilines is 2. The molecule has 37 heavy (non-hydrogen) atoms. The topological polar surface area (TPSA) is 73.6 Å². The molecule has 0 spiro atoms. The highest BCUT2D eigenvalue weighted by atomic mass is 16.5. The first-order chi connectivity index (χ1) is 18.2. The van der Waals surface area contributed by atoms with Gasteiger partial charge in [-0.25, -0.2) is 0 Å². The summed E-state index contributed by atoms with van der Waals surface area (Å²) in [6.07, 6.45) is 11.3. The van der Waals surface area contributed by atoms with Gasteiger partial charge in [-0.3, -0.25) is 4.79 Å². The molecule has 5 nitrogen and oxygen atoms in total. The first-order valence-electron chi connectivity index (χ1n) is 13.8. The van der Waals surface area contributed by atoms with E-state index < -0.39 is 5.91 Å². The Morgan fingerprint density at radius 1 is 0.892 bits per heavy atom. The zero-order valence-corrected chi connectivity index (χ0v) is 21.6. The number of nitrogens with one attached hydrogen (secondary N) is 1. The molecule has 0 heterocycles. The van der Waals surface area contributed by atoms with Gasteiger partial charge in [0, 0.05) is 17.4 Å². The van der Waals surface area contributed by atoms with Crippen molar-refractivity contribution in [2.45, 2.75) is 70.3 Å². The number of amides is 1. The molecule has 2 aliphatic rings. The lowest BCUT2D eigenvalue weighted by molar-refractivity contribution is 0.0996. The van der Waals surface area contributed by atoms with Crippen molar-refractivity contribution in [2.75, 3.05) is 11.9 Å². The summed E-state index contributed by atoms with van der Waals surface area (Å²) in [5.41, 5.74) is 10.4. The van der Waals surface area contributed by atoms with E-state index in [9.17, 15) is 4.79 Å². The number of nitrogens with two attached hydrogens (primary N) is 1. The van der Waals surface area contributed by atoms with E-state index in [1.807, 2.05) is 36.4 Å². The van der Waals surface area contributed by atoms with Crippen LogP contribution in [0.15, 0.2) is 66.7 Å². The van der Waals surface area contributed by atoms with Crippen molar-refractivity contribution in [3.8, 4) is 11.5 Å². The molecule has 2 aliphatic carbocycles. The molecule has 3 aromatic carbocycles. The molecule has 194 valence electrons. The minimum absolute atomic E-state index is 0.426. The summed E-state index contributed by atoms with van der Waals surface area (Å²) in [6, 6.07) is 22.0. The molecule has 3 aromatic rings. The summed E-state index contributed by atoms with van der Waals surface area (Å²) in [6.45, 7) is 1.15. The van der Waals surface area contributed by atoms with Crippen molar-refractivity contribution in [1.82, 2.24) is 0 Å². The summed E-state index contributed by atoms with van der Waals surface area (Å²) in [7, 11) is 0. The Morgan fingerprint density at radius 2 is 1.70 bits per heavy atom. The molecule has 2 fully saturated rings. The molecular formula is C32H38N2O3. The van der Waals surface area contributed by atoms with E-state index in [1.54, 1.807) is 6.07 Å². The largest absolute Gasteiger partial charge is 0.493 e. The molecule has 0 aliphatic heterocycles. The number of hydrogen-bond donors (Lipinski definition) is 2. The normalized spacial score (nSPS) is 15.8. The molecule has 3 N–H and O–H groups in total. The van der Waals surface area contributed by atoms with Gasteiger partial charge in [-0.15, -0.1) is 0 Å². The lowest BCUT2D eigenvalue weighted by Crippen LogP contribution is -2.14. The van der Waals surface area contributed by atoms with Crippen LogP contribution in [-0.4, -0.2) is 12.5 Å². The number of benzene rings is 3. The lowest BCUT2D eigenvalue weighted by atomic mass is 9.86. The monoisotopic (exact) mass is 498 g/mol. The van der Waals surface area contributed by atoms with E-state index in [0.717, 1.165) is 35.0 Å². The smallest absolute Gasteiger partial charge is 0.252 e. The first-order valence-corrected chi connectivity index (χ1v) is 13.8. The van der Waals surface area contributed by atoms with E-state index >= 15 is 0 Å². The first kappa shape index (κ1) is 25.2. The second-order valence-electron chi connectivity index (χ2n) is 10.5. The Kier molecular flexibility index (Phi) is 8.29. The van der Waals surface area contributed by atoms with E-state index in [4.69, 9.17) is 15.2 Å². The summed E-state index contributed by atoms with van der Waals surface area (Å²) in [4.78, 5) is 12.0. The number of primary amides is 1. The minimum atomic E-state index is -0.465. The number of rotatable bonds is 12. The second kappa shape index (κ2) is 12.2. The lowest BCUT2D eigenvalue weighted by Gasteiger charge is -2.21. The number of carbonyl (C=O) groups is 1. The third-order valence-corrected chi connectivity index (χ3v) is 7.55.